The van der Waals surface area contributed by atoms with Crippen molar-refractivity contribution in [1.82, 2.24) is 24.2 Å². The second-order valence-electron chi connectivity index (χ2n) is 8.45. The first kappa shape index (κ1) is 23.2. The Bertz CT molecular complexity index is 1360. The summed E-state index contributed by atoms with van der Waals surface area (Å²) in [7, 11) is -3.45. The van der Waals surface area contributed by atoms with Crippen LogP contribution in [0.1, 0.15) is 32.8 Å². The second kappa shape index (κ2) is 8.74. The minimum Gasteiger partial charge on any atom is -0.454 e. The average Bonchev–Trinajstić information content (AvgIpc) is 3.30. The molecule has 0 bridgehead atoms. The molecule has 0 unspecified atom stereocenters. The molecule has 0 amide bonds. The zero-order valence-corrected chi connectivity index (χ0v) is 20.1. The fourth-order valence-corrected chi connectivity index (χ4v) is 5.92. The number of nitrogen functional groups attached to an aromatic ring is 1. The lowest BCUT2D eigenvalue weighted by Gasteiger charge is -2.20. The first-order chi connectivity index (χ1) is 15.6. The van der Waals surface area contributed by atoms with Gasteiger partial charge in [-0.1, -0.05) is 17.7 Å². The summed E-state index contributed by atoms with van der Waals surface area (Å²) >= 11 is 1.32. The van der Waals surface area contributed by atoms with Gasteiger partial charge < -0.3 is 19.8 Å². The van der Waals surface area contributed by atoms with E-state index >= 15 is 0 Å². The molecule has 0 saturated carbocycles. The van der Waals surface area contributed by atoms with Crippen molar-refractivity contribution < 1.29 is 17.9 Å². The van der Waals surface area contributed by atoms with Gasteiger partial charge in [-0.3, -0.25) is 0 Å². The van der Waals surface area contributed by atoms with Crippen molar-refractivity contribution in [1.29, 1.82) is 0 Å². The summed E-state index contributed by atoms with van der Waals surface area (Å²) in [5.74, 6) is 4.04. The first-order valence-electron chi connectivity index (χ1n) is 10.1. The number of nitrogens with one attached hydrogen (secondary N) is 1. The molecule has 12 heteroatoms. The summed E-state index contributed by atoms with van der Waals surface area (Å²) in [5, 5.41) is 0.564. The van der Waals surface area contributed by atoms with Crippen molar-refractivity contribution in [2.75, 3.05) is 18.3 Å². The van der Waals surface area contributed by atoms with E-state index in [0.29, 0.717) is 46.3 Å². The molecule has 0 atom stereocenters. The molecule has 0 saturated heterocycles. The number of ether oxygens (including phenoxy) is 2. The minimum atomic E-state index is -3.45. The van der Waals surface area contributed by atoms with Crippen molar-refractivity contribution in [2.45, 2.75) is 49.3 Å². The number of hydrogen-bond acceptors (Lipinski definition) is 9. The topological polar surface area (TPSA) is 134 Å². The zero-order chi connectivity index (χ0) is 23.8. The highest BCUT2D eigenvalue weighted by Crippen LogP contribution is 2.41. The molecule has 1 aromatic carbocycles. The molecule has 0 spiro atoms. The predicted octanol–water partition coefficient (Wildman–Crippen LogP) is 2.38. The number of rotatable bonds is 7. The SMILES string of the molecule is C#Cc1cc2c(cc1Sc1nc3c(N)ncnc3n1CCCS(=O)(=O)NC(C)(C)C)OCO2. The number of aryl methyl sites for hydroxylation is 1. The Labute approximate surface area is 196 Å². The molecule has 0 aliphatic carbocycles. The largest absolute Gasteiger partial charge is 0.454 e. The summed E-state index contributed by atoms with van der Waals surface area (Å²) in [5.41, 5.74) is 7.06. The molecule has 0 radical (unpaired) electrons. The second-order valence-corrected chi connectivity index (χ2v) is 11.3. The van der Waals surface area contributed by atoms with Crippen LogP contribution in [0.2, 0.25) is 0 Å². The van der Waals surface area contributed by atoms with E-state index in [9.17, 15) is 8.42 Å². The lowest BCUT2D eigenvalue weighted by molar-refractivity contribution is 0.174. The predicted molar refractivity (Wildman–Crippen MR) is 126 cm³/mol. The fraction of sp³-hybridized carbons (Fsp3) is 0.381. The maximum absolute atomic E-state index is 12.4. The number of aromatic nitrogens is 4. The number of nitrogens with two attached hydrogens (primary N) is 1. The molecule has 1 aliphatic rings. The number of benzene rings is 1. The molecule has 33 heavy (non-hydrogen) atoms. The third-order valence-corrected chi connectivity index (χ3v) is 7.41. The standard InChI is InChI=1S/C21H24N6O4S2/c1-5-13-9-14-15(31-12-30-14)10-16(13)32-20-25-17-18(22)23-11-24-19(17)27(20)7-6-8-33(28,29)26-21(2,3)4/h1,9-11,26H,6-8,12H2,2-4H3,(H2,22,23,24). The molecule has 3 aromatic rings. The van der Waals surface area contributed by atoms with Crippen LogP contribution < -0.4 is 19.9 Å². The summed E-state index contributed by atoms with van der Waals surface area (Å²) in [6, 6.07) is 3.55. The van der Waals surface area contributed by atoms with E-state index in [1.54, 1.807) is 32.9 Å². The number of imidazole rings is 1. The smallest absolute Gasteiger partial charge is 0.231 e. The van der Waals surface area contributed by atoms with E-state index in [0.717, 1.165) is 4.90 Å². The molecule has 4 rings (SSSR count). The molecule has 174 valence electrons. The molecule has 10 nitrogen and oxygen atoms in total. The number of hydrogen-bond donors (Lipinski definition) is 2. The van der Waals surface area contributed by atoms with Crippen LogP contribution in [0.5, 0.6) is 11.5 Å². The molecular formula is C21H24N6O4S2. The lowest BCUT2D eigenvalue weighted by Crippen LogP contribution is -2.41. The van der Waals surface area contributed by atoms with Crippen LogP contribution in [0.25, 0.3) is 11.2 Å². The Hall–Kier alpha value is -3.01. The number of anilines is 1. The highest BCUT2D eigenvalue weighted by atomic mass is 32.2. The number of sulfonamides is 1. The van der Waals surface area contributed by atoms with Gasteiger partial charge in [0.1, 0.15) is 6.33 Å². The molecule has 3 heterocycles. The van der Waals surface area contributed by atoms with Gasteiger partial charge >= 0.3 is 0 Å². The Morgan fingerprint density at radius 3 is 2.70 bits per heavy atom. The van der Waals surface area contributed by atoms with Crippen LogP contribution in [-0.2, 0) is 16.6 Å². The zero-order valence-electron chi connectivity index (χ0n) is 18.5. The molecular weight excluding hydrogens is 464 g/mol. The van der Waals surface area contributed by atoms with Gasteiger partial charge in [0.25, 0.3) is 0 Å². The summed E-state index contributed by atoms with van der Waals surface area (Å²) in [6.45, 7) is 5.90. The van der Waals surface area contributed by atoms with Gasteiger partial charge in [-0.15, -0.1) is 6.42 Å². The highest BCUT2D eigenvalue weighted by molar-refractivity contribution is 7.99. The van der Waals surface area contributed by atoms with Crippen LogP contribution in [0, 0.1) is 12.3 Å². The third-order valence-electron chi connectivity index (χ3n) is 4.61. The van der Waals surface area contributed by atoms with Gasteiger partial charge in [0.15, 0.2) is 33.6 Å². The van der Waals surface area contributed by atoms with Crippen LogP contribution in [0.15, 0.2) is 28.5 Å². The van der Waals surface area contributed by atoms with Crippen molar-refractivity contribution in [2.24, 2.45) is 0 Å². The maximum Gasteiger partial charge on any atom is 0.231 e. The Balaban J connectivity index is 1.65. The Morgan fingerprint density at radius 1 is 1.27 bits per heavy atom. The van der Waals surface area contributed by atoms with Gasteiger partial charge in [-0.05, 0) is 33.3 Å². The van der Waals surface area contributed by atoms with Gasteiger partial charge in [0.2, 0.25) is 16.8 Å². The minimum absolute atomic E-state index is 0.0474. The quantitative estimate of drug-likeness (QED) is 0.481. The van der Waals surface area contributed by atoms with Crippen LogP contribution >= 0.6 is 11.8 Å². The normalized spacial score (nSPS) is 13.4. The summed E-state index contributed by atoms with van der Waals surface area (Å²) in [4.78, 5) is 13.7. The van der Waals surface area contributed by atoms with E-state index in [2.05, 4.69) is 25.6 Å². The number of terminal acetylenes is 1. The van der Waals surface area contributed by atoms with Gasteiger partial charge in [-0.25, -0.2) is 28.1 Å². The van der Waals surface area contributed by atoms with Crippen molar-refractivity contribution in [3.63, 3.8) is 0 Å². The molecule has 0 fully saturated rings. The highest BCUT2D eigenvalue weighted by Gasteiger charge is 2.23. The summed E-state index contributed by atoms with van der Waals surface area (Å²) < 4.78 is 40.2. The molecule has 1 aliphatic heterocycles. The van der Waals surface area contributed by atoms with Crippen LogP contribution in [0.3, 0.4) is 0 Å². The fourth-order valence-electron chi connectivity index (χ4n) is 3.36. The summed E-state index contributed by atoms with van der Waals surface area (Å²) in [6.07, 6.45) is 7.41. The van der Waals surface area contributed by atoms with E-state index in [1.807, 2.05) is 4.57 Å². The molecule has 2 aromatic heterocycles. The van der Waals surface area contributed by atoms with Gasteiger partial charge in [0, 0.05) is 28.6 Å². The van der Waals surface area contributed by atoms with E-state index in [1.165, 1.54) is 18.1 Å². The van der Waals surface area contributed by atoms with E-state index in [-0.39, 0.29) is 18.4 Å². The average molecular weight is 489 g/mol. The Kier molecular flexibility index (Phi) is 6.13. The maximum atomic E-state index is 12.4. The van der Waals surface area contributed by atoms with Crippen LogP contribution in [0.4, 0.5) is 5.82 Å². The number of nitrogens with zero attached hydrogens (tertiary/aromatic N) is 4. The van der Waals surface area contributed by atoms with Crippen molar-refractivity contribution in [3.8, 4) is 23.8 Å². The van der Waals surface area contributed by atoms with E-state index < -0.39 is 15.6 Å². The monoisotopic (exact) mass is 488 g/mol. The lowest BCUT2D eigenvalue weighted by atomic mass is 10.1. The Morgan fingerprint density at radius 2 is 2.00 bits per heavy atom. The third kappa shape index (κ3) is 5.16. The van der Waals surface area contributed by atoms with Crippen LogP contribution in [-0.4, -0.2) is 46.0 Å². The van der Waals surface area contributed by atoms with Gasteiger partial charge in [0.05, 0.1) is 5.75 Å². The number of fused-ring (bicyclic) bond motifs is 2. The van der Waals surface area contributed by atoms with Crippen molar-refractivity contribution in [3.05, 3.63) is 24.0 Å². The molecule has 3 N–H and O–H groups in total. The van der Waals surface area contributed by atoms with E-state index in [4.69, 9.17) is 21.6 Å². The van der Waals surface area contributed by atoms with Crippen molar-refractivity contribution >= 4 is 38.8 Å². The van der Waals surface area contributed by atoms with Gasteiger partial charge in [-0.2, -0.15) is 0 Å². The first-order valence-corrected chi connectivity index (χ1v) is 12.6.